The highest BCUT2D eigenvalue weighted by Crippen LogP contribution is 2.39. The van der Waals surface area contributed by atoms with Gasteiger partial charge >= 0.3 is 0 Å². The van der Waals surface area contributed by atoms with Crippen molar-refractivity contribution in [2.24, 2.45) is 7.05 Å². The zero-order chi connectivity index (χ0) is 15.7. The quantitative estimate of drug-likeness (QED) is 0.638. The molecule has 1 saturated heterocycles. The van der Waals surface area contributed by atoms with Crippen LogP contribution in [0.4, 0.5) is 5.69 Å². The smallest absolute Gasteiger partial charge is 0.270 e. The summed E-state index contributed by atoms with van der Waals surface area (Å²) in [6.07, 6.45) is 3.79. The first-order valence-electron chi connectivity index (χ1n) is 6.64. The minimum absolute atomic E-state index is 0.124. The number of ether oxygens (including phenoxy) is 1. The fraction of sp³-hybridized carbons (Fsp3) is 0.125. The minimum atomic E-state index is -0.124. The lowest BCUT2D eigenvalue weighted by atomic mass is 10.2. The monoisotopic (exact) mass is 330 g/mol. The van der Waals surface area contributed by atoms with Gasteiger partial charge in [0.25, 0.3) is 5.91 Å². The maximum absolute atomic E-state index is 12.7. The van der Waals surface area contributed by atoms with Crippen LogP contribution in [0.5, 0.6) is 5.75 Å². The summed E-state index contributed by atoms with van der Waals surface area (Å²) >= 11 is 6.68. The number of amides is 1. The largest absolute Gasteiger partial charge is 0.495 e. The van der Waals surface area contributed by atoms with E-state index in [0.29, 0.717) is 20.7 Å². The Balaban J connectivity index is 1.99. The normalized spacial score (nSPS) is 16.6. The predicted octanol–water partition coefficient (Wildman–Crippen LogP) is 3.44. The molecule has 3 rings (SSSR count). The summed E-state index contributed by atoms with van der Waals surface area (Å²) in [6.45, 7) is 0. The molecular weight excluding hydrogens is 316 g/mol. The number of aryl methyl sites for hydroxylation is 1. The minimum Gasteiger partial charge on any atom is -0.495 e. The number of hydrogen-bond acceptors (Lipinski definition) is 4. The van der Waals surface area contributed by atoms with Crippen molar-refractivity contribution in [2.45, 2.75) is 0 Å². The van der Waals surface area contributed by atoms with E-state index in [2.05, 4.69) is 0 Å². The molecule has 22 heavy (non-hydrogen) atoms. The van der Waals surface area contributed by atoms with Gasteiger partial charge in [-0.3, -0.25) is 9.69 Å². The molecule has 1 amide bonds. The lowest BCUT2D eigenvalue weighted by molar-refractivity contribution is -0.113. The molecule has 0 N–H and O–H groups in total. The number of thiocarbonyl (C=S) groups is 1. The number of hydrogen-bond donors (Lipinski definition) is 0. The van der Waals surface area contributed by atoms with E-state index in [1.54, 1.807) is 7.11 Å². The molecule has 0 spiro atoms. The molecule has 0 unspecified atom stereocenters. The van der Waals surface area contributed by atoms with Gasteiger partial charge in [-0.05, 0) is 30.3 Å². The topological polar surface area (TPSA) is 34.5 Å². The SMILES string of the molecule is COc1ccccc1N1C(=O)/C(=C/c2cccn2C)SC1=S. The highest BCUT2D eigenvalue weighted by atomic mass is 32.2. The average Bonchev–Trinajstić information content (AvgIpc) is 3.04. The number of thioether (sulfide) groups is 1. The van der Waals surface area contributed by atoms with E-state index < -0.39 is 0 Å². The van der Waals surface area contributed by atoms with E-state index in [0.717, 1.165) is 5.69 Å². The van der Waals surface area contributed by atoms with E-state index in [4.69, 9.17) is 17.0 Å². The van der Waals surface area contributed by atoms with Gasteiger partial charge in [-0.2, -0.15) is 0 Å². The maximum Gasteiger partial charge on any atom is 0.270 e. The molecule has 6 heteroatoms. The molecule has 112 valence electrons. The Morgan fingerprint density at radius 3 is 2.68 bits per heavy atom. The number of benzene rings is 1. The van der Waals surface area contributed by atoms with Crippen molar-refractivity contribution < 1.29 is 9.53 Å². The second-order valence-corrected chi connectivity index (χ2v) is 6.41. The summed E-state index contributed by atoms with van der Waals surface area (Å²) in [5, 5.41) is 0. The summed E-state index contributed by atoms with van der Waals surface area (Å²) in [5.74, 6) is 0.500. The van der Waals surface area contributed by atoms with Crippen molar-refractivity contribution in [1.82, 2.24) is 4.57 Å². The lowest BCUT2D eigenvalue weighted by Gasteiger charge is -2.17. The summed E-state index contributed by atoms with van der Waals surface area (Å²) in [6, 6.07) is 11.3. The molecule has 1 aromatic carbocycles. The highest BCUT2D eigenvalue weighted by molar-refractivity contribution is 8.27. The molecular formula is C16H14N2O2S2. The summed E-state index contributed by atoms with van der Waals surface area (Å²) in [7, 11) is 3.52. The second kappa shape index (κ2) is 5.98. The van der Waals surface area contributed by atoms with E-state index >= 15 is 0 Å². The number of rotatable bonds is 3. The zero-order valence-electron chi connectivity index (χ0n) is 12.1. The number of carbonyl (C=O) groups is 1. The van der Waals surface area contributed by atoms with Gasteiger partial charge in [0.2, 0.25) is 0 Å². The lowest BCUT2D eigenvalue weighted by Crippen LogP contribution is -2.27. The van der Waals surface area contributed by atoms with Crippen LogP contribution in [0.2, 0.25) is 0 Å². The standard InChI is InChI=1S/C16H14N2O2S2/c1-17-9-5-6-11(17)10-14-15(19)18(16(21)22-14)12-7-3-4-8-13(12)20-2/h3-10H,1-2H3/b14-10-. The molecule has 0 saturated carbocycles. The molecule has 1 aliphatic heterocycles. The summed E-state index contributed by atoms with van der Waals surface area (Å²) < 4.78 is 7.79. The van der Waals surface area contributed by atoms with Crippen molar-refractivity contribution >= 4 is 46.0 Å². The van der Waals surface area contributed by atoms with Crippen molar-refractivity contribution in [3.63, 3.8) is 0 Å². The number of nitrogens with zero attached hydrogens (tertiary/aromatic N) is 2. The van der Waals surface area contributed by atoms with Crippen LogP contribution < -0.4 is 9.64 Å². The first kappa shape index (κ1) is 14.9. The molecule has 1 aromatic heterocycles. The van der Waals surface area contributed by atoms with Gasteiger partial charge in [0.1, 0.15) is 5.75 Å². The molecule has 0 atom stereocenters. The molecule has 0 radical (unpaired) electrons. The van der Waals surface area contributed by atoms with E-state index in [1.807, 2.05) is 60.3 Å². The summed E-state index contributed by atoms with van der Waals surface area (Å²) in [4.78, 5) is 14.8. The Morgan fingerprint density at radius 1 is 1.23 bits per heavy atom. The van der Waals surface area contributed by atoms with Crippen molar-refractivity contribution in [3.05, 3.63) is 53.2 Å². The molecule has 1 fully saturated rings. The van der Waals surface area contributed by atoms with Gasteiger partial charge < -0.3 is 9.30 Å². The predicted molar refractivity (Wildman–Crippen MR) is 94.1 cm³/mol. The van der Waals surface area contributed by atoms with E-state index in [9.17, 15) is 4.79 Å². The van der Waals surface area contributed by atoms with Crippen LogP contribution in [0, 0.1) is 0 Å². The molecule has 0 aliphatic carbocycles. The third-order valence-corrected chi connectivity index (χ3v) is 4.68. The van der Waals surface area contributed by atoms with Gasteiger partial charge in [-0.15, -0.1) is 0 Å². The Morgan fingerprint density at radius 2 is 2.00 bits per heavy atom. The Kier molecular flexibility index (Phi) is 4.04. The maximum atomic E-state index is 12.7. The third kappa shape index (κ3) is 2.55. The summed E-state index contributed by atoms with van der Waals surface area (Å²) in [5.41, 5.74) is 1.63. The van der Waals surface area contributed by atoms with Gasteiger partial charge in [-0.25, -0.2) is 0 Å². The first-order valence-corrected chi connectivity index (χ1v) is 7.86. The molecule has 0 bridgehead atoms. The molecule has 2 heterocycles. The number of methoxy groups -OCH3 is 1. The average molecular weight is 330 g/mol. The van der Waals surface area contributed by atoms with Crippen LogP contribution in [0.3, 0.4) is 0 Å². The second-order valence-electron chi connectivity index (χ2n) is 4.73. The highest BCUT2D eigenvalue weighted by Gasteiger charge is 2.34. The first-order chi connectivity index (χ1) is 10.6. The van der Waals surface area contributed by atoms with E-state index in [-0.39, 0.29) is 5.91 Å². The molecule has 2 aromatic rings. The van der Waals surface area contributed by atoms with Gasteiger partial charge in [0, 0.05) is 18.9 Å². The Bertz CT molecular complexity index is 780. The van der Waals surface area contributed by atoms with Crippen LogP contribution in [-0.2, 0) is 11.8 Å². The fourth-order valence-electron chi connectivity index (χ4n) is 2.25. The number of aromatic nitrogens is 1. The van der Waals surface area contributed by atoms with Gasteiger partial charge in [0.05, 0.1) is 17.7 Å². The van der Waals surface area contributed by atoms with Gasteiger partial charge in [-0.1, -0.05) is 36.1 Å². The Hall–Kier alpha value is -2.05. The number of para-hydroxylation sites is 2. The van der Waals surface area contributed by atoms with Crippen LogP contribution in [0.25, 0.3) is 6.08 Å². The Labute approximate surface area is 138 Å². The van der Waals surface area contributed by atoms with Crippen LogP contribution in [0.1, 0.15) is 5.69 Å². The van der Waals surface area contributed by atoms with Crippen molar-refractivity contribution in [3.8, 4) is 5.75 Å². The number of anilines is 1. The molecule has 1 aliphatic rings. The zero-order valence-corrected chi connectivity index (χ0v) is 13.8. The fourth-order valence-corrected chi connectivity index (χ4v) is 3.52. The molecule has 4 nitrogen and oxygen atoms in total. The van der Waals surface area contributed by atoms with E-state index in [1.165, 1.54) is 16.7 Å². The van der Waals surface area contributed by atoms with Gasteiger partial charge in [0.15, 0.2) is 4.32 Å². The third-order valence-electron chi connectivity index (χ3n) is 3.38. The van der Waals surface area contributed by atoms with Crippen LogP contribution in [0.15, 0.2) is 47.5 Å². The van der Waals surface area contributed by atoms with Crippen molar-refractivity contribution in [1.29, 1.82) is 0 Å². The van der Waals surface area contributed by atoms with Crippen LogP contribution >= 0.6 is 24.0 Å². The number of carbonyl (C=O) groups excluding carboxylic acids is 1. The van der Waals surface area contributed by atoms with Crippen LogP contribution in [-0.4, -0.2) is 21.9 Å². The van der Waals surface area contributed by atoms with Crippen molar-refractivity contribution in [2.75, 3.05) is 12.0 Å².